The van der Waals surface area contributed by atoms with E-state index in [9.17, 15) is 0 Å². The molecule has 1 aromatic heterocycles. The van der Waals surface area contributed by atoms with Crippen molar-refractivity contribution < 1.29 is 0 Å². The van der Waals surface area contributed by atoms with Crippen LogP contribution in [0, 0.1) is 34.0 Å². The van der Waals surface area contributed by atoms with Crippen LogP contribution in [0.15, 0.2) is 18.0 Å². The Kier molecular flexibility index (Phi) is 3.76. The molecule has 1 aromatic rings. The zero-order valence-electron chi connectivity index (χ0n) is 9.34. The third-order valence-electron chi connectivity index (χ3n) is 1.94. The number of rotatable bonds is 2. The van der Waals surface area contributed by atoms with Gasteiger partial charge in [-0.2, -0.15) is 15.8 Å². The highest BCUT2D eigenvalue weighted by Crippen LogP contribution is 2.15. The van der Waals surface area contributed by atoms with Gasteiger partial charge in [0.25, 0.3) is 0 Å². The minimum absolute atomic E-state index is 0.0622. The van der Waals surface area contributed by atoms with Crippen LogP contribution >= 0.6 is 0 Å². The van der Waals surface area contributed by atoms with Crippen molar-refractivity contribution in [1.82, 2.24) is 9.97 Å². The standard InChI is InChI=1S/C11H8N6/c1-17(2)11-7-15-10(6-16-11)9(5-14)8(3-12)4-13/h6-7H,1-2H3. The first kappa shape index (κ1) is 12.2. The normalized spacial score (nSPS) is 8.41. The van der Waals surface area contributed by atoms with E-state index >= 15 is 0 Å². The summed E-state index contributed by atoms with van der Waals surface area (Å²) in [6.45, 7) is 0. The Morgan fingerprint density at radius 3 is 2.06 bits per heavy atom. The van der Waals surface area contributed by atoms with E-state index in [2.05, 4.69) is 9.97 Å². The Morgan fingerprint density at radius 1 is 1.06 bits per heavy atom. The highest BCUT2D eigenvalue weighted by molar-refractivity contribution is 5.82. The van der Waals surface area contributed by atoms with Gasteiger partial charge >= 0.3 is 0 Å². The van der Waals surface area contributed by atoms with Crippen LogP contribution in [0.3, 0.4) is 0 Å². The van der Waals surface area contributed by atoms with E-state index < -0.39 is 0 Å². The predicted molar refractivity (Wildman–Crippen MR) is 60.1 cm³/mol. The quantitative estimate of drug-likeness (QED) is 0.691. The molecular formula is C11H8N6. The molecule has 82 valence electrons. The molecule has 0 N–H and O–H groups in total. The lowest BCUT2D eigenvalue weighted by Gasteiger charge is -2.10. The molecule has 0 radical (unpaired) electrons. The molecule has 0 spiro atoms. The third kappa shape index (κ3) is 2.56. The second-order valence-electron chi connectivity index (χ2n) is 3.24. The summed E-state index contributed by atoms with van der Waals surface area (Å²) in [5.41, 5.74) is -0.108. The fourth-order valence-electron chi connectivity index (χ4n) is 1.06. The molecule has 0 atom stereocenters. The molecular weight excluding hydrogens is 216 g/mol. The van der Waals surface area contributed by atoms with Crippen molar-refractivity contribution in [3.63, 3.8) is 0 Å². The van der Waals surface area contributed by atoms with Gasteiger partial charge in [0.2, 0.25) is 0 Å². The topological polar surface area (TPSA) is 100 Å². The number of nitriles is 3. The van der Waals surface area contributed by atoms with Crippen LogP contribution in [-0.4, -0.2) is 24.1 Å². The van der Waals surface area contributed by atoms with Crippen molar-refractivity contribution >= 4 is 11.4 Å². The average Bonchev–Trinajstić information content (AvgIpc) is 2.36. The average molecular weight is 224 g/mol. The van der Waals surface area contributed by atoms with Gasteiger partial charge in [-0.3, -0.25) is 0 Å². The molecule has 0 aliphatic rings. The molecule has 0 amide bonds. The summed E-state index contributed by atoms with van der Waals surface area (Å²) in [4.78, 5) is 9.81. The molecule has 0 fully saturated rings. The molecule has 6 nitrogen and oxygen atoms in total. The largest absolute Gasteiger partial charge is 0.361 e. The Morgan fingerprint density at radius 2 is 1.71 bits per heavy atom. The number of anilines is 1. The van der Waals surface area contributed by atoms with Crippen LogP contribution in [0.25, 0.3) is 5.57 Å². The molecule has 0 unspecified atom stereocenters. The Bertz CT molecular complexity index is 546. The molecule has 17 heavy (non-hydrogen) atoms. The van der Waals surface area contributed by atoms with E-state index in [1.54, 1.807) is 37.2 Å². The van der Waals surface area contributed by atoms with Gasteiger partial charge in [-0.25, -0.2) is 9.97 Å². The van der Waals surface area contributed by atoms with E-state index in [1.807, 2.05) is 0 Å². The van der Waals surface area contributed by atoms with Crippen molar-refractivity contribution in [2.75, 3.05) is 19.0 Å². The smallest absolute Gasteiger partial charge is 0.149 e. The molecule has 1 heterocycles. The first-order valence-electron chi connectivity index (χ1n) is 4.58. The summed E-state index contributed by atoms with van der Waals surface area (Å²) in [5.74, 6) is 0.626. The zero-order chi connectivity index (χ0) is 12.8. The van der Waals surface area contributed by atoms with Crippen molar-refractivity contribution in [3.05, 3.63) is 23.7 Å². The van der Waals surface area contributed by atoms with Crippen LogP contribution < -0.4 is 4.90 Å². The summed E-state index contributed by atoms with van der Waals surface area (Å²) < 4.78 is 0. The Hall–Kier alpha value is -2.91. The van der Waals surface area contributed by atoms with Crippen LogP contribution in [-0.2, 0) is 0 Å². The Balaban J connectivity index is 3.27. The lowest BCUT2D eigenvalue weighted by molar-refractivity contribution is 1.03. The molecule has 1 rings (SSSR count). The lowest BCUT2D eigenvalue weighted by Crippen LogP contribution is -2.11. The molecule has 0 bridgehead atoms. The van der Waals surface area contributed by atoms with Crippen LogP contribution in [0.2, 0.25) is 0 Å². The molecule has 0 aromatic carbocycles. The number of allylic oxidation sites excluding steroid dienone is 2. The van der Waals surface area contributed by atoms with Crippen molar-refractivity contribution in [2.45, 2.75) is 0 Å². The third-order valence-corrected chi connectivity index (χ3v) is 1.94. The minimum atomic E-state index is -0.264. The highest BCUT2D eigenvalue weighted by atomic mass is 15.1. The van der Waals surface area contributed by atoms with Crippen molar-refractivity contribution in [1.29, 1.82) is 15.8 Å². The number of aromatic nitrogens is 2. The number of nitrogens with zero attached hydrogens (tertiary/aromatic N) is 6. The summed E-state index contributed by atoms with van der Waals surface area (Å²) in [5, 5.41) is 26.3. The van der Waals surface area contributed by atoms with E-state index in [-0.39, 0.29) is 16.8 Å². The lowest BCUT2D eigenvalue weighted by atomic mass is 10.1. The fraction of sp³-hybridized carbons (Fsp3) is 0.182. The number of hydrogen-bond acceptors (Lipinski definition) is 6. The maximum atomic E-state index is 8.90. The van der Waals surface area contributed by atoms with Gasteiger partial charge in [0, 0.05) is 14.1 Å². The van der Waals surface area contributed by atoms with Crippen LogP contribution in [0.4, 0.5) is 5.82 Å². The van der Waals surface area contributed by atoms with E-state index in [0.717, 1.165) is 0 Å². The van der Waals surface area contributed by atoms with E-state index in [1.165, 1.54) is 12.4 Å². The second-order valence-corrected chi connectivity index (χ2v) is 3.24. The van der Waals surface area contributed by atoms with Crippen molar-refractivity contribution in [3.8, 4) is 18.2 Å². The Labute approximate surface area is 98.7 Å². The summed E-state index contributed by atoms with van der Waals surface area (Å²) in [6, 6.07) is 5.10. The van der Waals surface area contributed by atoms with Gasteiger partial charge < -0.3 is 4.90 Å². The molecule has 0 saturated heterocycles. The van der Waals surface area contributed by atoms with Gasteiger partial charge in [0.15, 0.2) is 0 Å². The van der Waals surface area contributed by atoms with Gasteiger partial charge in [0.1, 0.15) is 40.9 Å². The molecule has 0 aliphatic carbocycles. The van der Waals surface area contributed by atoms with Crippen LogP contribution in [0.5, 0.6) is 0 Å². The maximum absolute atomic E-state index is 8.90. The molecule has 0 saturated carbocycles. The van der Waals surface area contributed by atoms with Gasteiger partial charge in [-0.05, 0) is 0 Å². The predicted octanol–water partition coefficient (Wildman–Crippen LogP) is 0.867. The van der Waals surface area contributed by atoms with E-state index in [4.69, 9.17) is 15.8 Å². The summed E-state index contributed by atoms with van der Waals surface area (Å²) in [6.07, 6.45) is 2.83. The highest BCUT2D eigenvalue weighted by Gasteiger charge is 2.10. The SMILES string of the molecule is CN(C)c1cnc(C(C#N)=C(C#N)C#N)cn1. The monoisotopic (exact) mass is 224 g/mol. The second kappa shape index (κ2) is 5.25. The van der Waals surface area contributed by atoms with Gasteiger partial charge in [-0.1, -0.05) is 0 Å². The maximum Gasteiger partial charge on any atom is 0.149 e. The molecule has 6 heteroatoms. The van der Waals surface area contributed by atoms with Crippen LogP contribution in [0.1, 0.15) is 5.69 Å². The summed E-state index contributed by atoms with van der Waals surface area (Å²) >= 11 is 0. The van der Waals surface area contributed by atoms with Gasteiger partial charge in [0.05, 0.1) is 12.4 Å². The first-order chi connectivity index (χ1) is 8.13. The number of hydrogen-bond donors (Lipinski definition) is 0. The summed E-state index contributed by atoms with van der Waals surface area (Å²) in [7, 11) is 3.61. The van der Waals surface area contributed by atoms with Gasteiger partial charge in [-0.15, -0.1) is 0 Å². The minimum Gasteiger partial charge on any atom is -0.361 e. The zero-order valence-corrected chi connectivity index (χ0v) is 9.34. The fourth-order valence-corrected chi connectivity index (χ4v) is 1.06. The molecule has 0 aliphatic heterocycles. The first-order valence-corrected chi connectivity index (χ1v) is 4.58. The van der Waals surface area contributed by atoms with Crippen molar-refractivity contribution in [2.24, 2.45) is 0 Å². The van der Waals surface area contributed by atoms with E-state index in [0.29, 0.717) is 5.82 Å².